The molecule has 1 saturated heterocycles. The molecule has 4 amide bonds. The molecule has 4 aliphatic rings. The van der Waals surface area contributed by atoms with E-state index in [1.165, 1.54) is 4.90 Å². The minimum Gasteiger partial charge on any atom is -0.497 e. The van der Waals surface area contributed by atoms with Crippen molar-refractivity contribution >= 4 is 50.4 Å². The third-order valence-corrected chi connectivity index (χ3v) is 14.7. The van der Waals surface area contributed by atoms with Gasteiger partial charge in [0.2, 0.25) is 27.7 Å². The van der Waals surface area contributed by atoms with Crippen LogP contribution in [0.2, 0.25) is 0 Å². The van der Waals surface area contributed by atoms with E-state index >= 15 is 4.79 Å². The van der Waals surface area contributed by atoms with E-state index in [2.05, 4.69) is 10.0 Å². The molecule has 3 heterocycles. The van der Waals surface area contributed by atoms with Gasteiger partial charge in [-0.2, -0.15) is 4.98 Å². The molecule has 15 nitrogen and oxygen atoms in total. The molecule has 6 rings (SSSR count). The SMILES string of the molecule is CCN(C)c1cc2cc(OC)ccc2c(O[C@@H]2C[C@H]3C(=O)N[C@]4(C(=O)NS(=O)(=O)C5(CF)CC5)C[C@H]4/C=C\CC[C@@H](C)C[C@@H](C)[C@H](N(C(=O)O)C(C)(C)C)C(=O)N3C2)n1. The van der Waals surface area contributed by atoms with Crippen molar-refractivity contribution in [2.45, 2.75) is 121 Å². The smallest absolute Gasteiger partial charge is 0.408 e. The zero-order chi connectivity index (χ0) is 43.2. The highest BCUT2D eigenvalue weighted by Crippen LogP contribution is 2.48. The predicted molar refractivity (Wildman–Crippen MR) is 220 cm³/mol. The van der Waals surface area contributed by atoms with Crippen molar-refractivity contribution in [3.05, 3.63) is 36.4 Å². The molecule has 17 heteroatoms. The van der Waals surface area contributed by atoms with Crippen LogP contribution in [-0.2, 0) is 24.4 Å². The topological polar surface area (TPSA) is 188 Å². The number of anilines is 1. The van der Waals surface area contributed by atoms with Crippen LogP contribution in [0.15, 0.2) is 36.4 Å². The van der Waals surface area contributed by atoms with Crippen molar-refractivity contribution in [3.63, 3.8) is 0 Å². The number of halogens is 1. The van der Waals surface area contributed by atoms with Gasteiger partial charge in [-0.15, -0.1) is 0 Å². The largest absolute Gasteiger partial charge is 0.497 e. The van der Waals surface area contributed by atoms with E-state index in [1.54, 1.807) is 40.0 Å². The number of carbonyl (C=O) groups excluding carboxylic acids is 3. The second kappa shape index (κ2) is 16.4. The molecule has 0 unspecified atom stereocenters. The van der Waals surface area contributed by atoms with Crippen molar-refractivity contribution in [3.8, 4) is 11.6 Å². The molecule has 2 aromatic rings. The van der Waals surface area contributed by atoms with Crippen LogP contribution in [0.5, 0.6) is 11.6 Å². The number of hydrogen-bond acceptors (Lipinski definition) is 10. The van der Waals surface area contributed by atoms with Gasteiger partial charge in [0.05, 0.1) is 13.7 Å². The third kappa shape index (κ3) is 8.67. The quantitative estimate of drug-likeness (QED) is 0.273. The minimum absolute atomic E-state index is 0.0493. The Kier molecular flexibility index (Phi) is 12.2. The first-order valence-corrected chi connectivity index (χ1v) is 22.0. The Morgan fingerprint density at radius 3 is 2.47 bits per heavy atom. The number of carbonyl (C=O) groups is 4. The van der Waals surface area contributed by atoms with Gasteiger partial charge in [0, 0.05) is 36.9 Å². The highest BCUT2D eigenvalue weighted by atomic mass is 32.2. The molecule has 3 N–H and O–H groups in total. The van der Waals surface area contributed by atoms with Gasteiger partial charge < -0.3 is 29.7 Å². The summed E-state index contributed by atoms with van der Waals surface area (Å²) in [5.41, 5.74) is -2.70. The van der Waals surface area contributed by atoms with Gasteiger partial charge in [-0.1, -0.05) is 26.0 Å². The Morgan fingerprint density at radius 2 is 1.86 bits per heavy atom. The van der Waals surface area contributed by atoms with Crippen LogP contribution in [0.1, 0.15) is 86.5 Å². The van der Waals surface area contributed by atoms with Crippen molar-refractivity contribution in [1.82, 2.24) is 24.8 Å². The maximum Gasteiger partial charge on any atom is 0.408 e. The predicted octanol–water partition coefficient (Wildman–Crippen LogP) is 5.03. The molecule has 1 aromatic heterocycles. The van der Waals surface area contributed by atoms with Crippen LogP contribution in [0.25, 0.3) is 10.8 Å². The summed E-state index contributed by atoms with van der Waals surface area (Å²) in [6.07, 6.45) is 3.58. The lowest BCUT2D eigenvalue weighted by molar-refractivity contribution is -0.146. The van der Waals surface area contributed by atoms with Crippen LogP contribution in [0, 0.1) is 17.8 Å². The molecule has 2 aliphatic heterocycles. The molecule has 1 aromatic carbocycles. The molecule has 324 valence electrons. The summed E-state index contributed by atoms with van der Waals surface area (Å²) in [4.78, 5) is 66.2. The zero-order valence-corrected chi connectivity index (χ0v) is 36.1. The molecule has 2 saturated carbocycles. The second-order valence-electron chi connectivity index (χ2n) is 18.0. The Hall–Kier alpha value is -4.67. The number of rotatable bonds is 10. The average molecular weight is 843 g/mol. The number of amides is 4. The number of allylic oxidation sites excluding steroid dienone is 1. The maximum atomic E-state index is 15.2. The summed E-state index contributed by atoms with van der Waals surface area (Å²) >= 11 is 0. The first-order chi connectivity index (χ1) is 27.7. The normalized spacial score (nSPS) is 28.9. The summed E-state index contributed by atoms with van der Waals surface area (Å²) in [7, 11) is -0.955. The van der Waals surface area contributed by atoms with Gasteiger partial charge in [-0.3, -0.25) is 24.0 Å². The zero-order valence-electron chi connectivity index (χ0n) is 35.3. The molecule has 0 radical (unpaired) electrons. The highest BCUT2D eigenvalue weighted by molar-refractivity contribution is 7.91. The van der Waals surface area contributed by atoms with E-state index in [4.69, 9.17) is 14.5 Å². The summed E-state index contributed by atoms with van der Waals surface area (Å²) < 4.78 is 53.0. The number of hydrogen-bond donors (Lipinski definition) is 3. The van der Waals surface area contributed by atoms with Crippen molar-refractivity contribution in [2.24, 2.45) is 17.8 Å². The number of pyridine rings is 1. The van der Waals surface area contributed by atoms with Crippen molar-refractivity contribution in [1.29, 1.82) is 0 Å². The minimum atomic E-state index is -4.41. The lowest BCUT2D eigenvalue weighted by Gasteiger charge is -2.43. The fourth-order valence-corrected chi connectivity index (χ4v) is 10.1. The van der Waals surface area contributed by atoms with Crippen LogP contribution in [0.4, 0.5) is 15.0 Å². The number of carboxylic acid groups (broad SMARTS) is 1. The Bertz CT molecular complexity index is 2110. The summed E-state index contributed by atoms with van der Waals surface area (Å²) in [6, 6.07) is 4.92. The molecular formula is C42H59FN6O9S. The van der Waals surface area contributed by atoms with E-state index in [-0.39, 0.29) is 44.0 Å². The Morgan fingerprint density at radius 1 is 1.15 bits per heavy atom. The first kappa shape index (κ1) is 43.9. The van der Waals surface area contributed by atoms with Gasteiger partial charge in [0.15, 0.2) is 0 Å². The van der Waals surface area contributed by atoms with Crippen LogP contribution in [-0.4, -0.2) is 120 Å². The maximum absolute atomic E-state index is 15.2. The molecule has 0 bridgehead atoms. The fourth-order valence-electron chi connectivity index (χ4n) is 8.64. The van der Waals surface area contributed by atoms with Crippen molar-refractivity contribution in [2.75, 3.05) is 38.8 Å². The molecule has 2 aliphatic carbocycles. The summed E-state index contributed by atoms with van der Waals surface area (Å²) in [5.74, 6) is -1.75. The van der Waals surface area contributed by atoms with Crippen LogP contribution < -0.4 is 24.4 Å². The highest BCUT2D eigenvalue weighted by Gasteiger charge is 2.64. The number of aromatic nitrogens is 1. The van der Waals surface area contributed by atoms with E-state index in [0.29, 0.717) is 42.8 Å². The van der Waals surface area contributed by atoms with Gasteiger partial charge in [-0.25, -0.2) is 17.6 Å². The summed E-state index contributed by atoms with van der Waals surface area (Å²) in [6.45, 7) is 10.4. The second-order valence-corrected chi connectivity index (χ2v) is 20.1. The number of alkyl halides is 1. The Labute approximate surface area is 346 Å². The number of fused-ring (bicyclic) bond motifs is 3. The fraction of sp³-hybridized carbons (Fsp3) is 0.643. The van der Waals surface area contributed by atoms with Gasteiger partial charge in [0.1, 0.15) is 46.7 Å². The number of nitrogens with one attached hydrogen (secondary N) is 2. The van der Waals surface area contributed by atoms with E-state index < -0.39 is 86.4 Å². The molecule has 7 atom stereocenters. The van der Waals surface area contributed by atoms with E-state index in [1.807, 2.05) is 57.0 Å². The average Bonchev–Trinajstić information content (AvgIpc) is 4.08. The van der Waals surface area contributed by atoms with E-state index in [0.717, 1.165) is 10.3 Å². The lowest BCUT2D eigenvalue weighted by Crippen LogP contribution is -2.62. The number of nitrogens with zero attached hydrogens (tertiary/aromatic N) is 4. The first-order valence-electron chi connectivity index (χ1n) is 20.5. The van der Waals surface area contributed by atoms with Gasteiger partial charge in [0.25, 0.3) is 5.91 Å². The molecule has 59 heavy (non-hydrogen) atoms. The van der Waals surface area contributed by atoms with Crippen molar-refractivity contribution < 1.29 is 46.6 Å². The standard InChI is InChI=1S/C42H59FN6O9S/c1-9-47(7)33-20-27-19-29(57-8)14-15-31(27)36(44-33)58-30-21-32-35(50)45-42(38(52)46-59(55,56)41(24-43)16-17-41)22-28(42)13-11-10-12-25(2)18-26(3)34(37(51)48(32)23-30)49(39(53)54)40(4,5)6/h11,13-15,19-20,25-26,28,30,32,34H,9-10,12,16-18,21-24H2,1-8H3,(H,45,50)(H,46,52)(H,53,54)/b13-11-/t25-,26-,28-,30-,32+,34+,42-/m1/s1. The van der Waals surface area contributed by atoms with Gasteiger partial charge >= 0.3 is 6.09 Å². The third-order valence-electron chi connectivity index (χ3n) is 12.6. The van der Waals surface area contributed by atoms with Gasteiger partial charge in [-0.05, 0) is 108 Å². The number of ether oxygens (including phenoxy) is 2. The molecular weight excluding hydrogens is 784 g/mol. The lowest BCUT2D eigenvalue weighted by atomic mass is 9.85. The van der Waals surface area contributed by atoms with E-state index in [9.17, 15) is 32.3 Å². The number of sulfonamides is 1. The van der Waals surface area contributed by atoms with Crippen LogP contribution >= 0.6 is 0 Å². The monoisotopic (exact) mass is 842 g/mol. The summed E-state index contributed by atoms with van der Waals surface area (Å²) in [5, 5.41) is 14.9. The molecule has 0 spiro atoms. The Balaban J connectivity index is 1.42. The number of benzene rings is 1. The molecule has 3 fully saturated rings. The number of methoxy groups -OCH3 is 1. The van der Waals surface area contributed by atoms with Crippen LogP contribution in [0.3, 0.4) is 0 Å².